The van der Waals surface area contributed by atoms with Crippen molar-refractivity contribution in [3.8, 4) is 0 Å². The number of anilines is 1. The largest absolute Gasteiger partial charge is 0.362 e. The summed E-state index contributed by atoms with van der Waals surface area (Å²) in [6.07, 6.45) is 0.958. The van der Waals surface area contributed by atoms with Crippen LogP contribution in [-0.4, -0.2) is 20.7 Å². The van der Waals surface area contributed by atoms with Crippen LogP contribution >= 0.6 is 0 Å². The van der Waals surface area contributed by atoms with Gasteiger partial charge >= 0.3 is 5.69 Å². The van der Waals surface area contributed by atoms with Crippen molar-refractivity contribution in [3.05, 3.63) is 15.8 Å². The van der Waals surface area contributed by atoms with E-state index in [2.05, 4.69) is 24.3 Å². The van der Waals surface area contributed by atoms with Gasteiger partial charge in [-0.3, -0.25) is 10.1 Å². The predicted octanol–water partition coefficient (Wildman–Crippen LogP) is 3.53. The summed E-state index contributed by atoms with van der Waals surface area (Å²) >= 11 is 0. The molecule has 19 heavy (non-hydrogen) atoms. The molecule has 0 aliphatic carbocycles. The van der Waals surface area contributed by atoms with Crippen LogP contribution in [0.4, 0.5) is 11.5 Å². The van der Waals surface area contributed by atoms with Gasteiger partial charge in [-0.05, 0) is 40.0 Å². The Morgan fingerprint density at radius 1 is 1.32 bits per heavy atom. The minimum atomic E-state index is -0.356. The normalized spacial score (nSPS) is 13.1. The van der Waals surface area contributed by atoms with Gasteiger partial charge in [-0.15, -0.1) is 0 Å². The molecule has 0 aliphatic rings. The van der Waals surface area contributed by atoms with Gasteiger partial charge in [-0.25, -0.2) is 4.68 Å². The third-order valence-corrected chi connectivity index (χ3v) is 2.93. The molecule has 0 aliphatic heterocycles. The summed E-state index contributed by atoms with van der Waals surface area (Å²) in [6, 6.07) is 0.258. The molecule has 1 N–H and O–H groups in total. The minimum Gasteiger partial charge on any atom is -0.362 e. The minimum absolute atomic E-state index is 0.0844. The van der Waals surface area contributed by atoms with Gasteiger partial charge in [0.2, 0.25) is 5.82 Å². The molecular formula is C13H24N4O2. The van der Waals surface area contributed by atoms with Crippen LogP contribution < -0.4 is 5.32 Å². The number of nitrogens with zero attached hydrogens (tertiary/aromatic N) is 3. The van der Waals surface area contributed by atoms with E-state index in [0.717, 1.165) is 6.42 Å². The molecular weight excluding hydrogens is 244 g/mol. The lowest BCUT2D eigenvalue weighted by Gasteiger charge is -2.18. The molecule has 0 saturated carbocycles. The van der Waals surface area contributed by atoms with Gasteiger partial charge in [0.25, 0.3) is 0 Å². The molecule has 0 aromatic carbocycles. The lowest BCUT2D eigenvalue weighted by Crippen LogP contribution is -2.21. The highest BCUT2D eigenvalue weighted by molar-refractivity contribution is 5.60. The molecule has 0 saturated heterocycles. The third-order valence-electron chi connectivity index (χ3n) is 2.93. The van der Waals surface area contributed by atoms with Crippen molar-refractivity contribution < 1.29 is 4.92 Å². The Kier molecular flexibility index (Phi) is 4.91. The molecule has 1 atom stereocenters. The van der Waals surface area contributed by atoms with Crippen molar-refractivity contribution in [2.75, 3.05) is 5.32 Å². The average molecular weight is 268 g/mol. The van der Waals surface area contributed by atoms with Gasteiger partial charge in [-0.2, -0.15) is 5.10 Å². The predicted molar refractivity (Wildman–Crippen MR) is 76.5 cm³/mol. The van der Waals surface area contributed by atoms with Gasteiger partial charge in [0.05, 0.1) is 4.92 Å². The Labute approximate surface area is 114 Å². The highest BCUT2D eigenvalue weighted by atomic mass is 16.6. The van der Waals surface area contributed by atoms with Crippen molar-refractivity contribution in [2.24, 2.45) is 5.92 Å². The fourth-order valence-corrected chi connectivity index (χ4v) is 2.26. The first-order chi connectivity index (χ1) is 8.73. The van der Waals surface area contributed by atoms with Crippen LogP contribution in [0, 0.1) is 23.0 Å². The van der Waals surface area contributed by atoms with E-state index in [1.807, 2.05) is 20.8 Å². The summed E-state index contributed by atoms with van der Waals surface area (Å²) in [5.41, 5.74) is 0.544. The van der Waals surface area contributed by atoms with Crippen molar-refractivity contribution in [2.45, 2.75) is 60.0 Å². The van der Waals surface area contributed by atoms with E-state index in [1.165, 1.54) is 0 Å². The summed E-state index contributed by atoms with van der Waals surface area (Å²) in [5.74, 6) is 1.06. The topological polar surface area (TPSA) is 73.0 Å². The van der Waals surface area contributed by atoms with Gasteiger partial charge in [0.1, 0.15) is 5.69 Å². The number of hydrogen-bond acceptors (Lipinski definition) is 4. The molecule has 0 bridgehead atoms. The second-order valence-corrected chi connectivity index (χ2v) is 5.75. The molecule has 0 radical (unpaired) electrons. The van der Waals surface area contributed by atoms with E-state index >= 15 is 0 Å². The molecule has 108 valence electrons. The van der Waals surface area contributed by atoms with E-state index in [4.69, 9.17) is 0 Å². The van der Waals surface area contributed by atoms with E-state index in [1.54, 1.807) is 11.6 Å². The Morgan fingerprint density at radius 3 is 2.32 bits per heavy atom. The first-order valence-electron chi connectivity index (χ1n) is 6.74. The molecule has 0 fully saturated rings. The summed E-state index contributed by atoms with van der Waals surface area (Å²) in [6.45, 7) is 11.9. The summed E-state index contributed by atoms with van der Waals surface area (Å²) in [5, 5.41) is 18.7. The molecule has 1 rings (SSSR count). The second-order valence-electron chi connectivity index (χ2n) is 5.75. The maximum absolute atomic E-state index is 11.2. The monoisotopic (exact) mass is 268 g/mol. The first kappa shape index (κ1) is 15.5. The van der Waals surface area contributed by atoms with E-state index < -0.39 is 0 Å². The quantitative estimate of drug-likeness (QED) is 0.632. The van der Waals surface area contributed by atoms with Crippen molar-refractivity contribution >= 4 is 11.5 Å². The van der Waals surface area contributed by atoms with E-state index in [0.29, 0.717) is 17.4 Å². The molecule has 1 heterocycles. The SMILES string of the molecule is Cc1nn(C(C)C)c(NC(C)CC(C)C)c1[N+](=O)[O-]. The number of nitrogens with one attached hydrogen (secondary N) is 1. The summed E-state index contributed by atoms with van der Waals surface area (Å²) in [7, 11) is 0. The smallest absolute Gasteiger partial charge is 0.333 e. The van der Waals surface area contributed by atoms with Crippen molar-refractivity contribution in [3.63, 3.8) is 0 Å². The zero-order chi connectivity index (χ0) is 14.7. The van der Waals surface area contributed by atoms with Crippen LogP contribution in [-0.2, 0) is 0 Å². The van der Waals surface area contributed by atoms with E-state index in [-0.39, 0.29) is 22.7 Å². The summed E-state index contributed by atoms with van der Waals surface area (Å²) < 4.78 is 1.70. The summed E-state index contributed by atoms with van der Waals surface area (Å²) in [4.78, 5) is 10.8. The number of aromatic nitrogens is 2. The van der Waals surface area contributed by atoms with Crippen LogP contribution in [0.1, 0.15) is 52.8 Å². The van der Waals surface area contributed by atoms with Gasteiger partial charge in [0, 0.05) is 12.1 Å². The number of hydrogen-bond donors (Lipinski definition) is 1. The Hall–Kier alpha value is -1.59. The van der Waals surface area contributed by atoms with Gasteiger partial charge in [-0.1, -0.05) is 13.8 Å². The van der Waals surface area contributed by atoms with Crippen molar-refractivity contribution in [1.82, 2.24) is 9.78 Å². The maximum atomic E-state index is 11.2. The second kappa shape index (κ2) is 6.04. The zero-order valence-electron chi connectivity index (χ0n) is 12.6. The third kappa shape index (κ3) is 3.68. The van der Waals surface area contributed by atoms with Crippen molar-refractivity contribution in [1.29, 1.82) is 0 Å². The number of rotatable bonds is 6. The molecule has 0 amide bonds. The highest BCUT2D eigenvalue weighted by Gasteiger charge is 2.27. The fraction of sp³-hybridized carbons (Fsp3) is 0.769. The molecule has 1 unspecified atom stereocenters. The molecule has 0 spiro atoms. The maximum Gasteiger partial charge on any atom is 0.333 e. The Balaban J connectivity index is 3.12. The van der Waals surface area contributed by atoms with Crippen LogP contribution in [0.15, 0.2) is 0 Å². The lowest BCUT2D eigenvalue weighted by atomic mass is 10.1. The lowest BCUT2D eigenvalue weighted by molar-refractivity contribution is -0.384. The van der Waals surface area contributed by atoms with Crippen LogP contribution in [0.5, 0.6) is 0 Å². The average Bonchev–Trinajstić information content (AvgIpc) is 2.53. The van der Waals surface area contributed by atoms with Crippen LogP contribution in [0.3, 0.4) is 0 Å². The van der Waals surface area contributed by atoms with E-state index in [9.17, 15) is 10.1 Å². The van der Waals surface area contributed by atoms with Gasteiger partial charge in [0.15, 0.2) is 0 Å². The highest BCUT2D eigenvalue weighted by Crippen LogP contribution is 2.31. The molecule has 1 aromatic heterocycles. The zero-order valence-corrected chi connectivity index (χ0v) is 12.6. The number of aryl methyl sites for hydroxylation is 1. The van der Waals surface area contributed by atoms with Crippen LogP contribution in [0.2, 0.25) is 0 Å². The Morgan fingerprint density at radius 2 is 1.89 bits per heavy atom. The fourth-order valence-electron chi connectivity index (χ4n) is 2.26. The first-order valence-corrected chi connectivity index (χ1v) is 6.74. The van der Waals surface area contributed by atoms with Gasteiger partial charge < -0.3 is 5.32 Å². The number of nitro groups is 1. The Bertz CT molecular complexity index is 452. The molecule has 6 heteroatoms. The molecule has 6 nitrogen and oxygen atoms in total. The van der Waals surface area contributed by atoms with Crippen LogP contribution in [0.25, 0.3) is 0 Å². The standard InChI is InChI=1S/C13H24N4O2/c1-8(2)7-10(5)14-13-12(17(18)19)11(6)15-16(13)9(3)4/h8-10,14H,7H2,1-6H3. The molecule has 1 aromatic rings.